The van der Waals surface area contributed by atoms with Gasteiger partial charge in [-0.3, -0.25) is 14.2 Å². The third-order valence-corrected chi connectivity index (χ3v) is 5.78. The second-order valence-corrected chi connectivity index (χ2v) is 8.87. The molecule has 7 nitrogen and oxygen atoms in total. The van der Waals surface area contributed by atoms with E-state index >= 15 is 0 Å². The van der Waals surface area contributed by atoms with Gasteiger partial charge in [-0.25, -0.2) is 0 Å². The maximum Gasteiger partial charge on any atom is 0.242 e. The number of rotatable bonds is 10. The van der Waals surface area contributed by atoms with Crippen molar-refractivity contribution in [1.29, 1.82) is 0 Å². The summed E-state index contributed by atoms with van der Waals surface area (Å²) in [5, 5.41) is 12.2. The minimum atomic E-state index is -1.06. The Morgan fingerprint density at radius 1 is 1.21 bits per heavy atom. The highest BCUT2D eigenvalue weighted by molar-refractivity contribution is 7.99. The summed E-state index contributed by atoms with van der Waals surface area (Å²) in [4.78, 5) is 24.4. The van der Waals surface area contributed by atoms with Crippen LogP contribution in [-0.4, -0.2) is 37.9 Å². The molecule has 158 valence electrons. The van der Waals surface area contributed by atoms with Gasteiger partial charge in [0.15, 0.2) is 11.0 Å². The number of amides is 2. The zero-order valence-corrected chi connectivity index (χ0v) is 18.6. The molecular formula is C21H31N5O2S. The van der Waals surface area contributed by atoms with Crippen LogP contribution in [0.5, 0.6) is 0 Å². The predicted molar refractivity (Wildman–Crippen MR) is 116 cm³/mol. The Labute approximate surface area is 176 Å². The first-order valence-corrected chi connectivity index (χ1v) is 10.9. The van der Waals surface area contributed by atoms with Crippen LogP contribution < -0.4 is 11.1 Å². The molecule has 3 N–H and O–H groups in total. The number of nitrogens with one attached hydrogen (secondary N) is 1. The van der Waals surface area contributed by atoms with Crippen LogP contribution in [0.1, 0.15) is 53.5 Å². The fourth-order valence-corrected chi connectivity index (χ4v) is 4.08. The van der Waals surface area contributed by atoms with Gasteiger partial charge >= 0.3 is 0 Å². The van der Waals surface area contributed by atoms with Gasteiger partial charge in [0.25, 0.3) is 0 Å². The molecule has 0 saturated heterocycles. The highest BCUT2D eigenvalue weighted by Gasteiger charge is 2.33. The second kappa shape index (κ2) is 9.91. The third kappa shape index (κ3) is 5.82. The van der Waals surface area contributed by atoms with Gasteiger partial charge in [-0.15, -0.1) is 10.2 Å². The van der Waals surface area contributed by atoms with E-state index in [1.165, 1.54) is 11.8 Å². The first kappa shape index (κ1) is 22.9. The van der Waals surface area contributed by atoms with E-state index in [-0.39, 0.29) is 23.6 Å². The molecule has 0 aliphatic heterocycles. The molecule has 1 heterocycles. The Hall–Kier alpha value is -2.35. The molecule has 2 amide bonds. The Balaban J connectivity index is 2.17. The molecule has 0 aliphatic carbocycles. The number of carbonyl (C=O) groups excluding carboxylic acids is 2. The van der Waals surface area contributed by atoms with Gasteiger partial charge in [0, 0.05) is 11.6 Å². The highest BCUT2D eigenvalue weighted by atomic mass is 32.2. The second-order valence-electron chi connectivity index (χ2n) is 7.93. The Morgan fingerprint density at radius 2 is 1.86 bits per heavy atom. The molecule has 2 rings (SSSR count). The molecule has 0 fully saturated rings. The van der Waals surface area contributed by atoms with Crippen molar-refractivity contribution in [2.24, 2.45) is 11.7 Å². The van der Waals surface area contributed by atoms with Crippen LogP contribution in [0, 0.1) is 5.92 Å². The van der Waals surface area contributed by atoms with Crippen LogP contribution in [0.3, 0.4) is 0 Å². The molecule has 1 aromatic carbocycles. The SMILES string of the molecule is CCC(C)n1c(SCC(=O)NC(C)(CC(C)C)C(N)=O)nnc1-c1ccccc1. The highest BCUT2D eigenvalue weighted by Crippen LogP contribution is 2.29. The standard InChI is InChI=1S/C21H31N5O2S/c1-6-15(4)26-18(16-10-8-7-9-11-16)24-25-20(26)29-13-17(27)23-21(5,19(22)28)12-14(2)3/h7-11,14-15H,6,12-13H2,1-5H3,(H2,22,28)(H,23,27). The number of nitrogens with zero attached hydrogens (tertiary/aromatic N) is 3. The lowest BCUT2D eigenvalue weighted by molar-refractivity contribution is -0.130. The molecule has 1 aromatic heterocycles. The van der Waals surface area contributed by atoms with E-state index in [1.807, 2.05) is 44.2 Å². The number of primary amides is 1. The zero-order chi connectivity index (χ0) is 21.6. The van der Waals surface area contributed by atoms with E-state index in [0.717, 1.165) is 17.8 Å². The lowest BCUT2D eigenvalue weighted by Gasteiger charge is -2.29. The summed E-state index contributed by atoms with van der Waals surface area (Å²) < 4.78 is 2.06. The summed E-state index contributed by atoms with van der Waals surface area (Å²) in [5.74, 6) is 0.354. The Morgan fingerprint density at radius 3 is 2.41 bits per heavy atom. The van der Waals surface area contributed by atoms with Gasteiger partial charge in [0.2, 0.25) is 11.8 Å². The van der Waals surface area contributed by atoms with E-state index < -0.39 is 11.4 Å². The van der Waals surface area contributed by atoms with Gasteiger partial charge in [0.05, 0.1) is 5.75 Å². The van der Waals surface area contributed by atoms with Crippen LogP contribution in [0.4, 0.5) is 0 Å². The number of nitrogens with two attached hydrogens (primary N) is 1. The molecule has 0 bridgehead atoms. The van der Waals surface area contributed by atoms with Gasteiger partial charge < -0.3 is 11.1 Å². The van der Waals surface area contributed by atoms with Crippen LogP contribution in [0.15, 0.2) is 35.5 Å². The molecule has 8 heteroatoms. The van der Waals surface area contributed by atoms with Crippen LogP contribution in [0.25, 0.3) is 11.4 Å². The zero-order valence-electron chi connectivity index (χ0n) is 17.8. The lowest BCUT2D eigenvalue weighted by Crippen LogP contribution is -2.56. The summed E-state index contributed by atoms with van der Waals surface area (Å²) in [6.07, 6.45) is 1.39. The Bertz CT molecular complexity index is 837. The monoisotopic (exact) mass is 417 g/mol. The quantitative estimate of drug-likeness (QED) is 0.577. The average molecular weight is 418 g/mol. The van der Waals surface area contributed by atoms with Gasteiger partial charge in [-0.05, 0) is 32.6 Å². The number of hydrogen-bond donors (Lipinski definition) is 2. The molecule has 29 heavy (non-hydrogen) atoms. The number of carbonyl (C=O) groups is 2. The summed E-state index contributed by atoms with van der Waals surface area (Å²) in [6.45, 7) is 9.86. The molecule has 0 radical (unpaired) electrons. The van der Waals surface area contributed by atoms with Crippen LogP contribution in [-0.2, 0) is 9.59 Å². The molecule has 0 aliphatic rings. The lowest BCUT2D eigenvalue weighted by atomic mass is 9.90. The summed E-state index contributed by atoms with van der Waals surface area (Å²) in [5.41, 5.74) is 5.45. The molecular weight excluding hydrogens is 386 g/mol. The van der Waals surface area contributed by atoms with Gasteiger partial charge in [-0.2, -0.15) is 0 Å². The van der Waals surface area contributed by atoms with Crippen LogP contribution >= 0.6 is 11.8 Å². The van der Waals surface area contributed by atoms with Crippen molar-refractivity contribution in [3.05, 3.63) is 30.3 Å². The maximum absolute atomic E-state index is 12.5. The van der Waals surface area contributed by atoms with Crippen LogP contribution in [0.2, 0.25) is 0 Å². The maximum atomic E-state index is 12.5. The summed E-state index contributed by atoms with van der Waals surface area (Å²) in [7, 11) is 0. The van der Waals surface area contributed by atoms with E-state index in [4.69, 9.17) is 5.73 Å². The minimum Gasteiger partial charge on any atom is -0.368 e. The predicted octanol–water partition coefficient (Wildman–Crippen LogP) is 3.41. The number of benzene rings is 1. The van der Waals surface area contributed by atoms with E-state index in [9.17, 15) is 9.59 Å². The van der Waals surface area contributed by atoms with Crippen molar-refractivity contribution < 1.29 is 9.59 Å². The van der Waals surface area contributed by atoms with Crippen molar-refractivity contribution in [3.8, 4) is 11.4 Å². The van der Waals surface area contributed by atoms with E-state index in [1.54, 1.807) is 6.92 Å². The largest absolute Gasteiger partial charge is 0.368 e. The number of thioether (sulfide) groups is 1. The Kier molecular flexibility index (Phi) is 7.84. The first-order valence-electron chi connectivity index (χ1n) is 9.92. The average Bonchev–Trinajstić information content (AvgIpc) is 3.09. The van der Waals surface area contributed by atoms with Crippen molar-refractivity contribution in [2.75, 3.05) is 5.75 Å². The number of hydrogen-bond acceptors (Lipinski definition) is 5. The molecule has 0 saturated carbocycles. The first-order chi connectivity index (χ1) is 13.7. The minimum absolute atomic E-state index is 0.129. The van der Waals surface area contributed by atoms with Crippen molar-refractivity contribution >= 4 is 23.6 Å². The smallest absolute Gasteiger partial charge is 0.242 e. The summed E-state index contributed by atoms with van der Waals surface area (Å²) >= 11 is 1.31. The van der Waals surface area contributed by atoms with Gasteiger partial charge in [-0.1, -0.05) is 62.9 Å². The molecule has 0 spiro atoms. The van der Waals surface area contributed by atoms with Crippen molar-refractivity contribution in [2.45, 2.75) is 64.2 Å². The normalized spacial score (nSPS) is 14.4. The molecule has 2 atom stereocenters. The van der Waals surface area contributed by atoms with E-state index in [2.05, 4.69) is 33.9 Å². The van der Waals surface area contributed by atoms with Gasteiger partial charge in [0.1, 0.15) is 5.54 Å². The fourth-order valence-electron chi connectivity index (χ4n) is 3.24. The number of aromatic nitrogens is 3. The van der Waals surface area contributed by atoms with E-state index in [0.29, 0.717) is 11.6 Å². The van der Waals surface area contributed by atoms with Crippen molar-refractivity contribution in [3.63, 3.8) is 0 Å². The molecule has 2 aromatic rings. The van der Waals surface area contributed by atoms with Crippen molar-refractivity contribution in [1.82, 2.24) is 20.1 Å². The molecule has 2 unspecified atom stereocenters. The topological polar surface area (TPSA) is 103 Å². The fraction of sp³-hybridized carbons (Fsp3) is 0.524. The third-order valence-electron chi connectivity index (χ3n) is 4.84. The summed E-state index contributed by atoms with van der Waals surface area (Å²) in [6, 6.07) is 10.1.